The minimum absolute atomic E-state index is 0. The average molecular weight is 407 g/mol. The van der Waals surface area contributed by atoms with Gasteiger partial charge in [0.2, 0.25) is 0 Å². The molecule has 0 saturated heterocycles. The van der Waals surface area contributed by atoms with E-state index in [1.165, 1.54) is 24.8 Å². The molecule has 1 aliphatic rings. The molecule has 0 bridgehead atoms. The standard InChI is InChI=1S/C9H16O.C6H5.CHF3O.CH3.Y/c1-3-8(2)6-10-7-9-4-5-9;1-2-4-6-5-3-1;2-1(3,4)5;;/h7-8H,3-6H2,1-2H3;1-5H;5H;1H3;/q;-1;;-1;. The van der Waals surface area contributed by atoms with E-state index in [0.717, 1.165) is 6.61 Å². The van der Waals surface area contributed by atoms with Crippen LogP contribution in [-0.4, -0.2) is 18.1 Å². The van der Waals surface area contributed by atoms with Gasteiger partial charge in [0.05, 0.1) is 12.9 Å². The third-order valence-corrected chi connectivity index (χ3v) is 2.47. The Morgan fingerprint density at radius 1 is 1.26 bits per heavy atom. The monoisotopic (exact) mass is 407 g/mol. The molecular formula is C17H25F3O2Y-2. The minimum atomic E-state index is -5.00. The maximum Gasteiger partial charge on any atom is 0.519 e. The molecule has 6 heteroatoms. The zero-order valence-electron chi connectivity index (χ0n) is 13.9. The van der Waals surface area contributed by atoms with E-state index in [2.05, 4.69) is 19.9 Å². The summed E-state index contributed by atoms with van der Waals surface area (Å²) >= 11 is 0. The first-order valence-corrected chi connectivity index (χ1v) is 6.82. The molecule has 2 nitrogen and oxygen atoms in total. The Labute approximate surface area is 163 Å². The van der Waals surface area contributed by atoms with Crippen molar-refractivity contribution in [3.63, 3.8) is 0 Å². The molecule has 1 fully saturated rings. The fraction of sp³-hybridized carbons (Fsp3) is 0.471. The van der Waals surface area contributed by atoms with Gasteiger partial charge in [-0.2, -0.15) is 36.4 Å². The van der Waals surface area contributed by atoms with Gasteiger partial charge in [0.25, 0.3) is 0 Å². The van der Waals surface area contributed by atoms with E-state index >= 15 is 0 Å². The summed E-state index contributed by atoms with van der Waals surface area (Å²) in [5, 5.41) is 6.52. The molecule has 2 rings (SSSR count). The van der Waals surface area contributed by atoms with Gasteiger partial charge < -0.3 is 17.3 Å². The van der Waals surface area contributed by atoms with E-state index in [0.29, 0.717) is 5.92 Å². The van der Waals surface area contributed by atoms with Gasteiger partial charge in [-0.05, 0) is 24.3 Å². The maximum atomic E-state index is 9.91. The summed E-state index contributed by atoms with van der Waals surface area (Å²) in [6, 6.07) is 12.5. The van der Waals surface area contributed by atoms with Crippen molar-refractivity contribution in [3.05, 3.63) is 55.7 Å². The van der Waals surface area contributed by atoms with E-state index < -0.39 is 6.36 Å². The summed E-state index contributed by atoms with van der Waals surface area (Å²) in [6.07, 6.45) is 0.677. The number of rotatable bonds is 4. The van der Waals surface area contributed by atoms with Crippen molar-refractivity contribution in [2.75, 3.05) is 6.61 Å². The van der Waals surface area contributed by atoms with Crippen molar-refractivity contribution in [2.24, 2.45) is 5.92 Å². The van der Waals surface area contributed by atoms with Gasteiger partial charge >= 0.3 is 6.36 Å². The van der Waals surface area contributed by atoms with Crippen molar-refractivity contribution in [3.8, 4) is 0 Å². The first kappa shape index (κ1) is 27.5. The number of hydrogen-bond acceptors (Lipinski definition) is 2. The zero-order valence-corrected chi connectivity index (χ0v) is 16.8. The largest absolute Gasteiger partial charge is 0.519 e. The number of allylic oxidation sites excluding steroid dienone is 1. The van der Waals surface area contributed by atoms with Gasteiger partial charge in [-0.3, -0.25) is 0 Å². The van der Waals surface area contributed by atoms with Gasteiger partial charge in [-0.25, -0.2) is 0 Å². The molecule has 1 N–H and O–H groups in total. The van der Waals surface area contributed by atoms with Gasteiger partial charge in [0.1, 0.15) is 0 Å². The van der Waals surface area contributed by atoms with E-state index in [4.69, 9.17) is 9.84 Å². The summed E-state index contributed by atoms with van der Waals surface area (Å²) in [7, 11) is 0. The predicted molar refractivity (Wildman–Crippen MR) is 82.7 cm³/mol. The molecule has 0 amide bonds. The number of aliphatic hydroxyl groups is 1. The molecule has 23 heavy (non-hydrogen) atoms. The van der Waals surface area contributed by atoms with E-state index in [-0.39, 0.29) is 40.1 Å². The van der Waals surface area contributed by atoms with Crippen molar-refractivity contribution in [2.45, 2.75) is 39.5 Å². The minimum Gasteiger partial charge on any atom is -0.501 e. The van der Waals surface area contributed by atoms with Crippen LogP contribution in [0.3, 0.4) is 0 Å². The van der Waals surface area contributed by atoms with Crippen molar-refractivity contribution >= 4 is 0 Å². The fourth-order valence-corrected chi connectivity index (χ4v) is 0.980. The smallest absolute Gasteiger partial charge is 0.501 e. The number of alkyl halides is 3. The average Bonchev–Trinajstić information content (AvgIpc) is 3.23. The van der Waals surface area contributed by atoms with Crippen LogP contribution in [0.5, 0.6) is 0 Å². The van der Waals surface area contributed by atoms with Crippen LogP contribution in [0.2, 0.25) is 0 Å². The van der Waals surface area contributed by atoms with E-state index in [1.54, 1.807) is 0 Å². The number of benzene rings is 1. The molecular weight excluding hydrogens is 382 g/mol. The topological polar surface area (TPSA) is 29.5 Å². The van der Waals surface area contributed by atoms with Gasteiger partial charge in [-0.1, -0.05) is 20.3 Å². The van der Waals surface area contributed by atoms with Crippen LogP contribution >= 0.6 is 0 Å². The molecule has 1 saturated carbocycles. The summed E-state index contributed by atoms with van der Waals surface area (Å²) in [5.41, 5.74) is 1.48. The van der Waals surface area contributed by atoms with Gasteiger partial charge in [0, 0.05) is 32.7 Å². The third-order valence-electron chi connectivity index (χ3n) is 2.47. The molecule has 0 aromatic heterocycles. The third kappa shape index (κ3) is 30.1. The molecule has 0 heterocycles. The first-order chi connectivity index (χ1) is 9.83. The van der Waals surface area contributed by atoms with Crippen LogP contribution in [0, 0.1) is 19.4 Å². The maximum absolute atomic E-state index is 9.91. The summed E-state index contributed by atoms with van der Waals surface area (Å²) < 4.78 is 35.1. The van der Waals surface area contributed by atoms with Crippen LogP contribution < -0.4 is 0 Å². The molecule has 1 radical (unpaired) electrons. The Kier molecular flexibility index (Phi) is 19.7. The number of hydrogen-bond donors (Lipinski definition) is 1. The molecule has 0 aliphatic heterocycles. The van der Waals surface area contributed by atoms with Crippen molar-refractivity contribution in [1.29, 1.82) is 0 Å². The Morgan fingerprint density at radius 3 is 2.00 bits per heavy atom. The number of ether oxygens (including phenoxy) is 1. The van der Waals surface area contributed by atoms with Crippen molar-refractivity contribution in [1.82, 2.24) is 0 Å². The van der Waals surface area contributed by atoms with Crippen LogP contribution in [0.4, 0.5) is 13.2 Å². The summed E-state index contributed by atoms with van der Waals surface area (Å²) in [6.45, 7) is 5.30. The normalized spacial score (nSPS) is 12.7. The summed E-state index contributed by atoms with van der Waals surface area (Å²) in [4.78, 5) is 0. The summed E-state index contributed by atoms with van der Waals surface area (Å²) in [5.74, 6) is 0.704. The molecule has 1 aromatic rings. The number of halogens is 3. The van der Waals surface area contributed by atoms with Crippen LogP contribution in [-0.2, 0) is 37.4 Å². The van der Waals surface area contributed by atoms with Crippen molar-refractivity contribution < 1.29 is 55.7 Å². The molecule has 1 unspecified atom stereocenters. The molecule has 1 aromatic carbocycles. The molecule has 1 atom stereocenters. The van der Waals surface area contributed by atoms with E-state index in [9.17, 15) is 13.2 Å². The Morgan fingerprint density at radius 2 is 1.74 bits per heavy atom. The second kappa shape index (κ2) is 16.5. The Balaban J connectivity index is -0.000000269. The quantitative estimate of drug-likeness (QED) is 0.552. The van der Waals surface area contributed by atoms with Gasteiger partial charge in [0.15, 0.2) is 0 Å². The Hall–Kier alpha value is -0.386. The zero-order chi connectivity index (χ0) is 16.1. The fourth-order valence-electron chi connectivity index (χ4n) is 0.980. The molecule has 131 valence electrons. The van der Waals surface area contributed by atoms with Crippen LogP contribution in [0.1, 0.15) is 33.1 Å². The van der Waals surface area contributed by atoms with Gasteiger partial charge in [-0.15, -0.1) is 13.2 Å². The first-order valence-electron chi connectivity index (χ1n) is 6.82. The molecule has 0 spiro atoms. The Bertz CT molecular complexity index is 342. The van der Waals surface area contributed by atoms with Crippen LogP contribution in [0.15, 0.2) is 42.2 Å². The molecule has 1 aliphatic carbocycles. The SMILES string of the molecule is CCC(C)COC=C1CC1.OC(F)(F)F.[CH3-].[Y].[c-]1ccccc1. The second-order valence-electron chi connectivity index (χ2n) is 4.67. The second-order valence-corrected chi connectivity index (χ2v) is 4.67. The van der Waals surface area contributed by atoms with E-state index in [1.807, 2.05) is 36.6 Å². The van der Waals surface area contributed by atoms with Crippen LogP contribution in [0.25, 0.3) is 0 Å². The predicted octanol–water partition coefficient (Wildman–Crippen LogP) is 5.16.